The number of aromatic nitrogens is 5. The molecule has 3 aromatic heterocycles. The van der Waals surface area contributed by atoms with Crippen LogP contribution in [-0.2, 0) is 6.18 Å². The van der Waals surface area contributed by atoms with Gasteiger partial charge < -0.3 is 15.0 Å². The Morgan fingerprint density at radius 2 is 1.77 bits per heavy atom. The molecule has 1 aliphatic carbocycles. The predicted octanol–water partition coefficient (Wildman–Crippen LogP) is 4.46. The third-order valence-corrected chi connectivity index (χ3v) is 6.41. The van der Waals surface area contributed by atoms with E-state index in [1.807, 2.05) is 0 Å². The van der Waals surface area contributed by atoms with Crippen molar-refractivity contribution in [2.45, 2.75) is 31.2 Å². The van der Waals surface area contributed by atoms with Gasteiger partial charge in [0, 0.05) is 25.2 Å². The lowest BCUT2D eigenvalue weighted by atomic mass is 9.92. The maximum Gasteiger partial charge on any atom is 0.433 e. The number of rotatable bonds is 5. The zero-order valence-corrected chi connectivity index (χ0v) is 18.6. The van der Waals surface area contributed by atoms with Gasteiger partial charge >= 0.3 is 12.4 Å². The summed E-state index contributed by atoms with van der Waals surface area (Å²) in [5.74, 6) is 0.370. The van der Waals surface area contributed by atoms with E-state index in [1.54, 1.807) is 6.07 Å². The molecule has 0 spiro atoms. The fourth-order valence-electron chi connectivity index (χ4n) is 4.78. The molecule has 0 aromatic carbocycles. The molecule has 2 atom stereocenters. The highest BCUT2D eigenvalue weighted by molar-refractivity contribution is 6.29. The molecule has 15 heteroatoms. The summed E-state index contributed by atoms with van der Waals surface area (Å²) in [6.07, 6.45) is -6.34. The number of halogens is 7. The third-order valence-electron chi connectivity index (χ3n) is 6.20. The van der Waals surface area contributed by atoms with Crippen LogP contribution in [0.15, 0.2) is 24.5 Å². The second kappa shape index (κ2) is 8.57. The summed E-state index contributed by atoms with van der Waals surface area (Å²) in [7, 11) is 0. The number of alkyl halides is 6. The van der Waals surface area contributed by atoms with Gasteiger partial charge in [-0.2, -0.15) is 31.3 Å². The van der Waals surface area contributed by atoms with Gasteiger partial charge in [0.15, 0.2) is 18.0 Å². The summed E-state index contributed by atoms with van der Waals surface area (Å²) in [4.78, 5) is 14.3. The first-order valence-electron chi connectivity index (χ1n) is 10.6. The summed E-state index contributed by atoms with van der Waals surface area (Å²) >= 11 is 5.97. The fraction of sp³-hybridized carbons (Fsp3) is 0.500. The normalized spacial score (nSPS) is 22.6. The van der Waals surface area contributed by atoms with Gasteiger partial charge in [0.1, 0.15) is 23.0 Å². The molecule has 1 N–H and O–H groups in total. The molecule has 2 aliphatic rings. The van der Waals surface area contributed by atoms with Crippen molar-refractivity contribution in [3.05, 3.63) is 35.4 Å². The number of ether oxygens (including phenoxy) is 1. The Morgan fingerprint density at radius 1 is 1.06 bits per heavy atom. The average molecular weight is 522 g/mol. The number of fused-ring (bicyclic) bond motifs is 3. The summed E-state index contributed by atoms with van der Waals surface area (Å²) in [5.41, 5.74) is -1.63. The van der Waals surface area contributed by atoms with Crippen LogP contribution in [-0.4, -0.2) is 56.5 Å². The van der Waals surface area contributed by atoms with Crippen LogP contribution in [0.25, 0.3) is 5.65 Å². The van der Waals surface area contributed by atoms with Crippen LogP contribution < -0.4 is 15.0 Å². The van der Waals surface area contributed by atoms with Crippen molar-refractivity contribution < 1.29 is 31.1 Å². The molecule has 1 aliphatic heterocycles. The maximum absolute atomic E-state index is 13.5. The molecule has 2 unspecified atom stereocenters. The van der Waals surface area contributed by atoms with Crippen molar-refractivity contribution in [1.29, 1.82) is 0 Å². The predicted molar refractivity (Wildman–Crippen MR) is 112 cm³/mol. The highest BCUT2D eigenvalue weighted by Gasteiger charge is 2.43. The number of nitrogens with zero attached hydrogens (tertiary/aromatic N) is 6. The summed E-state index contributed by atoms with van der Waals surface area (Å²) in [5, 5.41) is 7.37. The van der Waals surface area contributed by atoms with E-state index in [0.717, 1.165) is 18.9 Å². The highest BCUT2D eigenvalue weighted by atomic mass is 35.5. The molecule has 35 heavy (non-hydrogen) atoms. The van der Waals surface area contributed by atoms with E-state index < -0.39 is 36.1 Å². The lowest BCUT2D eigenvalue weighted by molar-refractivity contribution is -0.153. The largest absolute Gasteiger partial charge is 0.480 e. The van der Waals surface area contributed by atoms with Crippen LogP contribution >= 0.6 is 11.6 Å². The minimum Gasteiger partial charge on any atom is -0.480 e. The Bertz CT molecular complexity index is 1220. The molecule has 2 bridgehead atoms. The number of piperidine rings is 1. The van der Waals surface area contributed by atoms with Gasteiger partial charge in [0.25, 0.3) is 0 Å². The number of anilines is 2. The Kier molecular flexibility index (Phi) is 5.80. The van der Waals surface area contributed by atoms with Gasteiger partial charge in [0.2, 0.25) is 5.95 Å². The van der Waals surface area contributed by atoms with Crippen LogP contribution in [0.3, 0.4) is 0 Å². The number of nitrogens with one attached hydrogen (secondary N) is 1. The Morgan fingerprint density at radius 3 is 2.40 bits per heavy atom. The molecule has 2 fully saturated rings. The molecule has 0 radical (unpaired) electrons. The van der Waals surface area contributed by atoms with Gasteiger partial charge in [-0.05, 0) is 36.8 Å². The van der Waals surface area contributed by atoms with Crippen molar-refractivity contribution in [3.8, 4) is 5.75 Å². The maximum atomic E-state index is 13.5. The van der Waals surface area contributed by atoms with Crippen LogP contribution in [0, 0.1) is 11.8 Å². The summed E-state index contributed by atoms with van der Waals surface area (Å²) in [6.45, 7) is -0.412. The molecule has 188 valence electrons. The SMILES string of the molecule is FC(F)(F)COc1ccc(C(F)(F)F)n2nc(NC3C4CCC3CN(c3cc(Cl)ncn3)C4)nc12. The zero-order valence-electron chi connectivity index (χ0n) is 17.8. The Balaban J connectivity index is 1.40. The molecular formula is C20H18ClF6N7O. The van der Waals surface area contributed by atoms with E-state index in [4.69, 9.17) is 16.3 Å². The van der Waals surface area contributed by atoms with Gasteiger partial charge in [-0.25, -0.2) is 14.5 Å². The molecule has 3 aromatic rings. The monoisotopic (exact) mass is 521 g/mol. The lowest BCUT2D eigenvalue weighted by Crippen LogP contribution is -2.48. The van der Waals surface area contributed by atoms with Crippen LogP contribution in [0.4, 0.5) is 38.1 Å². The topological polar surface area (TPSA) is 80.5 Å². The minimum atomic E-state index is -4.80. The van der Waals surface area contributed by atoms with E-state index in [9.17, 15) is 26.3 Å². The van der Waals surface area contributed by atoms with Crippen molar-refractivity contribution in [2.75, 3.05) is 29.9 Å². The average Bonchev–Trinajstić information content (AvgIpc) is 3.27. The highest BCUT2D eigenvalue weighted by Crippen LogP contribution is 2.40. The molecule has 1 saturated heterocycles. The summed E-state index contributed by atoms with van der Waals surface area (Å²) < 4.78 is 83.5. The van der Waals surface area contributed by atoms with E-state index in [1.165, 1.54) is 6.33 Å². The second-order valence-corrected chi connectivity index (χ2v) is 8.91. The first kappa shape index (κ1) is 23.7. The number of hydrogen-bond acceptors (Lipinski definition) is 7. The minimum absolute atomic E-state index is 0.112. The van der Waals surface area contributed by atoms with E-state index >= 15 is 0 Å². The van der Waals surface area contributed by atoms with Crippen molar-refractivity contribution >= 4 is 29.0 Å². The molecule has 4 heterocycles. The zero-order chi connectivity index (χ0) is 25.0. The standard InChI is InChI=1S/C20H18ClF6N7O/c21-14-5-15(29-9-28-14)33-6-10-1-2-11(7-33)16(10)30-18-31-17-12(35-8-19(22,23)24)3-4-13(20(25,26)27)34(17)32-18/h3-5,9-11,16H,1-2,6-8H2,(H,30,32). The van der Waals surface area contributed by atoms with Crippen molar-refractivity contribution in [1.82, 2.24) is 24.6 Å². The quantitative estimate of drug-likeness (QED) is 0.392. The summed E-state index contributed by atoms with van der Waals surface area (Å²) in [6, 6.07) is 2.97. The number of pyridine rings is 1. The second-order valence-electron chi connectivity index (χ2n) is 8.53. The third kappa shape index (κ3) is 4.88. The lowest BCUT2D eigenvalue weighted by Gasteiger charge is -2.38. The van der Waals surface area contributed by atoms with Crippen LogP contribution in [0.5, 0.6) is 5.75 Å². The fourth-order valence-corrected chi connectivity index (χ4v) is 4.92. The van der Waals surface area contributed by atoms with Crippen LogP contribution in [0.2, 0.25) is 5.15 Å². The van der Waals surface area contributed by atoms with E-state index in [0.29, 0.717) is 34.6 Å². The van der Waals surface area contributed by atoms with Crippen molar-refractivity contribution in [2.24, 2.45) is 11.8 Å². The van der Waals surface area contributed by atoms with Crippen molar-refractivity contribution in [3.63, 3.8) is 0 Å². The molecular weight excluding hydrogens is 504 g/mol. The van der Waals surface area contributed by atoms with Gasteiger partial charge in [-0.3, -0.25) is 0 Å². The van der Waals surface area contributed by atoms with Gasteiger partial charge in [-0.15, -0.1) is 5.10 Å². The molecule has 5 rings (SSSR count). The first-order valence-corrected chi connectivity index (χ1v) is 11.0. The van der Waals surface area contributed by atoms with E-state index in [-0.39, 0.29) is 23.8 Å². The van der Waals surface area contributed by atoms with Gasteiger partial charge in [-0.1, -0.05) is 11.6 Å². The number of hydrogen-bond donors (Lipinski definition) is 1. The Hall–Kier alpha value is -3.03. The van der Waals surface area contributed by atoms with E-state index in [2.05, 4.69) is 30.3 Å². The smallest absolute Gasteiger partial charge is 0.433 e. The van der Waals surface area contributed by atoms with Gasteiger partial charge in [0.05, 0.1) is 0 Å². The molecule has 0 amide bonds. The molecule has 1 saturated carbocycles. The van der Waals surface area contributed by atoms with Crippen LogP contribution in [0.1, 0.15) is 18.5 Å². The molecule has 8 nitrogen and oxygen atoms in total. The Labute approximate surface area is 199 Å². The first-order chi connectivity index (χ1) is 16.5.